The number of benzene rings is 2. The maximum Gasteiger partial charge on any atom is 0.439 e. The van der Waals surface area contributed by atoms with Gasteiger partial charge in [0.05, 0.1) is 28.9 Å². The van der Waals surface area contributed by atoms with E-state index in [1.807, 2.05) is 28.8 Å². The summed E-state index contributed by atoms with van der Waals surface area (Å²) in [5, 5.41) is 26.9. The number of nitriles is 1. The zero-order chi connectivity index (χ0) is 20.8. The van der Waals surface area contributed by atoms with Gasteiger partial charge in [0.1, 0.15) is 5.69 Å². The van der Waals surface area contributed by atoms with Crippen molar-refractivity contribution < 1.29 is 14.4 Å². The molecule has 5 rings (SSSR count). The number of carbonyl (C=O) groups excluding carboxylic acids is 1. The number of aromatic nitrogens is 3. The molecule has 0 bridgehead atoms. The lowest BCUT2D eigenvalue weighted by Gasteiger charge is -2.22. The van der Waals surface area contributed by atoms with Crippen LogP contribution in [-0.4, -0.2) is 25.7 Å². The Kier molecular flexibility index (Phi) is 4.01. The summed E-state index contributed by atoms with van der Waals surface area (Å²) in [5.74, 6) is -0.984. The van der Waals surface area contributed by atoms with Gasteiger partial charge in [0.25, 0.3) is 5.91 Å². The van der Waals surface area contributed by atoms with Crippen molar-refractivity contribution in [1.82, 2.24) is 14.7 Å². The number of aromatic amines is 1. The molecule has 1 aliphatic rings. The van der Waals surface area contributed by atoms with E-state index in [0.717, 1.165) is 16.5 Å². The molecular weight excluding hydrogens is 386 g/mol. The van der Waals surface area contributed by atoms with E-state index in [0.29, 0.717) is 35.5 Å². The van der Waals surface area contributed by atoms with Gasteiger partial charge in [-0.2, -0.15) is 5.26 Å². The van der Waals surface area contributed by atoms with Gasteiger partial charge in [0.2, 0.25) is 0 Å². The lowest BCUT2D eigenvalue weighted by atomic mass is 10.0. The molecule has 1 amide bonds. The summed E-state index contributed by atoms with van der Waals surface area (Å²) in [4.78, 5) is 26.9. The smallest absolute Gasteiger partial charge is 0.388 e. The number of aryl methyl sites for hydroxylation is 1. The first-order valence-corrected chi connectivity index (χ1v) is 9.27. The third-order valence-corrected chi connectivity index (χ3v) is 5.26. The standard InChI is InChI=1S/C21H15N5O4/c22-10-11-4-5-15(14(8-11)19-24-21(29)30-25-19)23-20(28)16-9-12-2-1-3-13-17(27)6-7-26(16)18(12)13/h1-5,8-9,17,27H,6-7H2,(H,23,28)(H,24,25,29). The summed E-state index contributed by atoms with van der Waals surface area (Å²) < 4.78 is 6.46. The average molecular weight is 401 g/mol. The number of para-hydroxylation sites is 1. The van der Waals surface area contributed by atoms with Crippen molar-refractivity contribution in [2.24, 2.45) is 0 Å². The largest absolute Gasteiger partial charge is 0.439 e. The molecule has 1 unspecified atom stereocenters. The highest BCUT2D eigenvalue weighted by molar-refractivity contribution is 6.08. The first-order chi connectivity index (χ1) is 14.5. The minimum Gasteiger partial charge on any atom is -0.388 e. The molecule has 0 saturated heterocycles. The monoisotopic (exact) mass is 401 g/mol. The number of anilines is 1. The first-order valence-electron chi connectivity index (χ1n) is 9.27. The molecule has 9 heteroatoms. The summed E-state index contributed by atoms with van der Waals surface area (Å²) in [5.41, 5.74) is 3.18. The quantitative estimate of drug-likeness (QED) is 0.482. The highest BCUT2D eigenvalue weighted by atomic mass is 16.5. The number of aliphatic hydroxyl groups excluding tert-OH is 1. The molecule has 0 spiro atoms. The molecule has 0 fully saturated rings. The van der Waals surface area contributed by atoms with E-state index in [9.17, 15) is 20.0 Å². The van der Waals surface area contributed by atoms with E-state index in [1.165, 1.54) is 6.07 Å². The molecule has 3 N–H and O–H groups in total. The molecule has 1 atom stereocenters. The Bertz CT molecular complexity index is 1410. The van der Waals surface area contributed by atoms with E-state index < -0.39 is 11.9 Å². The molecule has 1 aliphatic heterocycles. The Labute approximate surface area is 169 Å². The van der Waals surface area contributed by atoms with Gasteiger partial charge < -0.3 is 15.0 Å². The normalized spacial score (nSPS) is 15.1. The lowest BCUT2D eigenvalue weighted by molar-refractivity contribution is 0.101. The zero-order valence-corrected chi connectivity index (χ0v) is 15.5. The minimum absolute atomic E-state index is 0.111. The van der Waals surface area contributed by atoms with Crippen LogP contribution in [0.1, 0.15) is 34.1 Å². The predicted molar refractivity (Wildman–Crippen MR) is 107 cm³/mol. The van der Waals surface area contributed by atoms with Gasteiger partial charge in [-0.05, 0) is 30.7 Å². The number of H-pyrrole nitrogens is 1. The van der Waals surface area contributed by atoms with Gasteiger partial charge in [-0.15, -0.1) is 0 Å². The third-order valence-electron chi connectivity index (χ3n) is 5.26. The Balaban J connectivity index is 1.58. The Morgan fingerprint density at radius 2 is 2.20 bits per heavy atom. The molecule has 0 aliphatic carbocycles. The number of nitrogens with zero attached hydrogens (tertiary/aromatic N) is 3. The van der Waals surface area contributed by atoms with Gasteiger partial charge in [-0.3, -0.25) is 14.3 Å². The van der Waals surface area contributed by atoms with Crippen LogP contribution in [-0.2, 0) is 6.54 Å². The Morgan fingerprint density at radius 3 is 2.97 bits per heavy atom. The number of rotatable bonds is 3. The molecule has 148 valence electrons. The fraction of sp³-hybridized carbons (Fsp3) is 0.143. The van der Waals surface area contributed by atoms with Gasteiger partial charge in [0, 0.05) is 23.1 Å². The minimum atomic E-state index is -0.738. The second kappa shape index (κ2) is 6.72. The highest BCUT2D eigenvalue weighted by Gasteiger charge is 2.25. The van der Waals surface area contributed by atoms with Crippen LogP contribution in [0.25, 0.3) is 22.3 Å². The molecule has 9 nitrogen and oxygen atoms in total. The molecular formula is C21H15N5O4. The number of hydrogen-bond acceptors (Lipinski definition) is 6. The van der Waals surface area contributed by atoms with Crippen molar-refractivity contribution in [3.8, 4) is 17.5 Å². The molecule has 4 aromatic rings. The first kappa shape index (κ1) is 17.9. The highest BCUT2D eigenvalue weighted by Crippen LogP contribution is 2.34. The van der Waals surface area contributed by atoms with Gasteiger partial charge in [-0.1, -0.05) is 23.4 Å². The van der Waals surface area contributed by atoms with Gasteiger partial charge >= 0.3 is 5.76 Å². The van der Waals surface area contributed by atoms with E-state index in [4.69, 9.17) is 0 Å². The summed E-state index contributed by atoms with van der Waals surface area (Å²) in [7, 11) is 0. The number of aliphatic hydroxyl groups is 1. The number of amides is 1. The summed E-state index contributed by atoms with van der Waals surface area (Å²) >= 11 is 0. The summed E-state index contributed by atoms with van der Waals surface area (Å²) in [6, 6.07) is 14.1. The summed E-state index contributed by atoms with van der Waals surface area (Å²) in [6.45, 7) is 0.515. The second-order valence-electron chi connectivity index (χ2n) is 7.04. The van der Waals surface area contributed by atoms with Crippen LogP contribution < -0.4 is 11.1 Å². The summed E-state index contributed by atoms with van der Waals surface area (Å²) in [6.07, 6.45) is -0.0373. The number of carbonyl (C=O) groups is 1. The fourth-order valence-corrected chi connectivity index (χ4v) is 3.90. The Hall–Kier alpha value is -4.16. The van der Waals surface area contributed by atoms with E-state index in [1.54, 1.807) is 18.2 Å². The molecule has 0 radical (unpaired) electrons. The van der Waals surface area contributed by atoms with Crippen molar-refractivity contribution in [2.75, 3.05) is 5.32 Å². The van der Waals surface area contributed by atoms with Crippen molar-refractivity contribution in [2.45, 2.75) is 19.1 Å². The van der Waals surface area contributed by atoms with Crippen LogP contribution in [0.5, 0.6) is 0 Å². The molecule has 0 saturated carbocycles. The second-order valence-corrected chi connectivity index (χ2v) is 7.04. The van der Waals surface area contributed by atoms with E-state index in [-0.39, 0.29) is 11.7 Å². The molecule has 2 aromatic carbocycles. The van der Waals surface area contributed by atoms with Crippen LogP contribution in [0, 0.1) is 11.3 Å². The Morgan fingerprint density at radius 1 is 1.33 bits per heavy atom. The molecule has 30 heavy (non-hydrogen) atoms. The lowest BCUT2D eigenvalue weighted by Crippen LogP contribution is -2.21. The van der Waals surface area contributed by atoms with Crippen LogP contribution in [0.3, 0.4) is 0 Å². The fourth-order valence-electron chi connectivity index (χ4n) is 3.90. The van der Waals surface area contributed by atoms with Crippen molar-refractivity contribution in [3.63, 3.8) is 0 Å². The maximum atomic E-state index is 13.1. The van der Waals surface area contributed by atoms with Crippen LogP contribution in [0.4, 0.5) is 5.69 Å². The zero-order valence-electron chi connectivity index (χ0n) is 15.5. The van der Waals surface area contributed by atoms with Gasteiger partial charge in [-0.25, -0.2) is 4.79 Å². The topological polar surface area (TPSA) is 137 Å². The maximum absolute atomic E-state index is 13.1. The predicted octanol–water partition coefficient (Wildman–Crippen LogP) is 2.55. The third kappa shape index (κ3) is 2.78. The van der Waals surface area contributed by atoms with Crippen LogP contribution in [0.2, 0.25) is 0 Å². The molecule has 3 heterocycles. The average Bonchev–Trinajstić information content (AvgIpc) is 3.35. The SMILES string of the molecule is N#Cc1ccc(NC(=O)c2cc3cccc4c3n2CCC4O)c(-c2noc(=O)[nH]2)c1. The van der Waals surface area contributed by atoms with Crippen LogP contribution in [0.15, 0.2) is 51.8 Å². The van der Waals surface area contributed by atoms with Crippen molar-refractivity contribution in [1.29, 1.82) is 5.26 Å². The van der Waals surface area contributed by atoms with E-state index >= 15 is 0 Å². The van der Waals surface area contributed by atoms with Crippen molar-refractivity contribution >= 4 is 22.5 Å². The van der Waals surface area contributed by atoms with Gasteiger partial charge in [0.15, 0.2) is 5.82 Å². The van der Waals surface area contributed by atoms with E-state index in [2.05, 4.69) is 20.0 Å². The van der Waals surface area contributed by atoms with Crippen molar-refractivity contribution in [3.05, 3.63) is 69.8 Å². The van der Waals surface area contributed by atoms with Crippen LogP contribution >= 0.6 is 0 Å². The number of nitrogens with one attached hydrogen (secondary N) is 2. The molecule has 2 aromatic heterocycles. The number of hydrogen-bond donors (Lipinski definition) is 3.